The molecule has 0 saturated heterocycles. The molecule has 0 atom stereocenters. The molecule has 0 radical (unpaired) electrons. The van der Waals surface area contributed by atoms with E-state index in [9.17, 15) is 9.18 Å². The summed E-state index contributed by atoms with van der Waals surface area (Å²) in [4.78, 5) is 11.9. The maximum atomic E-state index is 13.6. The zero-order valence-corrected chi connectivity index (χ0v) is 11.3. The minimum absolute atomic E-state index is 0.161. The van der Waals surface area contributed by atoms with E-state index in [1.807, 2.05) is 18.4 Å². The van der Waals surface area contributed by atoms with Crippen LogP contribution in [-0.2, 0) is 16.0 Å². The number of hydrogen-bond acceptors (Lipinski definition) is 3. The zero-order valence-electron chi connectivity index (χ0n) is 10.5. The van der Waals surface area contributed by atoms with E-state index in [0.717, 1.165) is 29.5 Å². The number of thioether (sulfide) groups is 1. The van der Waals surface area contributed by atoms with Gasteiger partial charge in [0.25, 0.3) is 0 Å². The molecule has 0 spiro atoms. The van der Waals surface area contributed by atoms with E-state index in [1.165, 1.54) is 18.9 Å². The minimum atomic E-state index is -0.225. The summed E-state index contributed by atoms with van der Waals surface area (Å²) < 4.78 is 18.3. The number of carbonyl (C=O) groups is 1. The van der Waals surface area contributed by atoms with Crippen molar-refractivity contribution in [3.05, 3.63) is 34.6 Å². The van der Waals surface area contributed by atoms with Gasteiger partial charge in [-0.3, -0.25) is 4.79 Å². The van der Waals surface area contributed by atoms with Crippen LogP contribution in [0.25, 0.3) is 6.08 Å². The second-order valence-electron chi connectivity index (χ2n) is 4.24. The smallest absolute Gasteiger partial charge is 0.309 e. The van der Waals surface area contributed by atoms with Crippen molar-refractivity contribution in [1.29, 1.82) is 0 Å². The Balaban J connectivity index is 2.29. The monoisotopic (exact) mass is 266 g/mol. The molecule has 0 heterocycles. The summed E-state index contributed by atoms with van der Waals surface area (Å²) in [5, 5.41) is 0. The first-order valence-corrected chi connectivity index (χ1v) is 6.99. The Labute approximate surface area is 110 Å². The fraction of sp³-hybridized carbons (Fsp3) is 0.357. The van der Waals surface area contributed by atoms with Crippen LogP contribution in [0.2, 0.25) is 0 Å². The Kier molecular flexibility index (Phi) is 4.07. The van der Waals surface area contributed by atoms with Crippen LogP contribution in [-0.4, -0.2) is 19.3 Å². The predicted octanol–water partition coefficient (Wildman–Crippen LogP) is 3.44. The van der Waals surface area contributed by atoms with Crippen molar-refractivity contribution in [2.45, 2.75) is 24.2 Å². The van der Waals surface area contributed by atoms with Crippen molar-refractivity contribution < 1.29 is 13.9 Å². The topological polar surface area (TPSA) is 26.3 Å². The molecule has 4 heteroatoms. The Hall–Kier alpha value is -1.29. The van der Waals surface area contributed by atoms with Gasteiger partial charge in [-0.15, -0.1) is 11.8 Å². The molecule has 2 rings (SSSR count). The van der Waals surface area contributed by atoms with Gasteiger partial charge in [-0.1, -0.05) is 11.6 Å². The maximum Gasteiger partial charge on any atom is 0.309 e. The Bertz CT molecular complexity index is 509. The molecule has 0 unspecified atom stereocenters. The average Bonchev–Trinajstić information content (AvgIpc) is 2.38. The quantitative estimate of drug-likeness (QED) is 0.619. The number of fused-ring (bicyclic) bond motifs is 1. The lowest BCUT2D eigenvalue weighted by Crippen LogP contribution is -2.06. The van der Waals surface area contributed by atoms with Crippen molar-refractivity contribution in [3.63, 3.8) is 0 Å². The molecule has 18 heavy (non-hydrogen) atoms. The van der Waals surface area contributed by atoms with E-state index in [0.29, 0.717) is 11.3 Å². The lowest BCUT2D eigenvalue weighted by Gasteiger charge is -2.17. The van der Waals surface area contributed by atoms with Gasteiger partial charge in [0.1, 0.15) is 5.82 Å². The predicted molar refractivity (Wildman–Crippen MR) is 71.1 cm³/mol. The molecule has 1 aliphatic rings. The third-order valence-electron chi connectivity index (χ3n) is 3.09. The molecule has 0 amide bonds. The lowest BCUT2D eigenvalue weighted by atomic mass is 9.91. The Morgan fingerprint density at radius 3 is 2.89 bits per heavy atom. The van der Waals surface area contributed by atoms with Crippen molar-refractivity contribution >= 4 is 23.8 Å². The van der Waals surface area contributed by atoms with Gasteiger partial charge in [0.2, 0.25) is 0 Å². The molecule has 0 aliphatic heterocycles. The number of carbonyl (C=O) groups excluding carboxylic acids is 1. The van der Waals surface area contributed by atoms with Crippen LogP contribution >= 0.6 is 11.8 Å². The molecule has 1 aromatic rings. The molecule has 96 valence electrons. The zero-order chi connectivity index (χ0) is 13.1. The van der Waals surface area contributed by atoms with Gasteiger partial charge in [0.05, 0.1) is 13.5 Å². The largest absolute Gasteiger partial charge is 0.469 e. The van der Waals surface area contributed by atoms with E-state index in [-0.39, 0.29) is 11.8 Å². The number of aryl methyl sites for hydroxylation is 1. The molecule has 0 N–H and O–H groups in total. The molecule has 0 saturated carbocycles. The van der Waals surface area contributed by atoms with Gasteiger partial charge in [0.15, 0.2) is 0 Å². The number of ether oxygens (including phenoxy) is 1. The molecule has 0 fully saturated rings. The van der Waals surface area contributed by atoms with Crippen LogP contribution < -0.4 is 0 Å². The van der Waals surface area contributed by atoms with E-state index >= 15 is 0 Å². The first kappa shape index (κ1) is 13.1. The van der Waals surface area contributed by atoms with Crippen LogP contribution in [0.15, 0.2) is 22.6 Å². The van der Waals surface area contributed by atoms with Crippen molar-refractivity contribution in [2.75, 3.05) is 13.4 Å². The third kappa shape index (κ3) is 2.75. The van der Waals surface area contributed by atoms with Crippen LogP contribution in [0.4, 0.5) is 4.39 Å². The Morgan fingerprint density at radius 1 is 1.44 bits per heavy atom. The summed E-state index contributed by atoms with van der Waals surface area (Å²) in [7, 11) is 1.39. The van der Waals surface area contributed by atoms with Crippen LogP contribution in [0.1, 0.15) is 24.0 Å². The molecular weight excluding hydrogens is 251 g/mol. The number of esters is 1. The standard InChI is InChI=1S/C14H15FO2S/c1-17-14(16)6-9-3-4-10-7-12(15)13(18-2)8-11(10)5-9/h5,7-8H,3-4,6H2,1-2H3. The van der Waals surface area contributed by atoms with E-state index in [1.54, 1.807) is 6.07 Å². The third-order valence-corrected chi connectivity index (χ3v) is 3.84. The van der Waals surface area contributed by atoms with Gasteiger partial charge in [-0.05, 0) is 42.4 Å². The first-order valence-electron chi connectivity index (χ1n) is 5.76. The number of methoxy groups -OCH3 is 1. The average molecular weight is 266 g/mol. The molecular formula is C14H15FO2S. The van der Waals surface area contributed by atoms with E-state index in [4.69, 9.17) is 0 Å². The second-order valence-corrected chi connectivity index (χ2v) is 5.09. The summed E-state index contributed by atoms with van der Waals surface area (Å²) in [6, 6.07) is 3.46. The summed E-state index contributed by atoms with van der Waals surface area (Å²) >= 11 is 1.39. The second kappa shape index (κ2) is 5.57. The first-order chi connectivity index (χ1) is 8.63. The Morgan fingerprint density at radius 2 is 2.22 bits per heavy atom. The number of rotatable bonds is 3. The van der Waals surface area contributed by atoms with Gasteiger partial charge in [-0.2, -0.15) is 0 Å². The van der Waals surface area contributed by atoms with Gasteiger partial charge < -0.3 is 4.74 Å². The highest BCUT2D eigenvalue weighted by molar-refractivity contribution is 7.98. The summed E-state index contributed by atoms with van der Waals surface area (Å²) in [5.41, 5.74) is 3.08. The molecule has 0 bridgehead atoms. The molecule has 1 aliphatic carbocycles. The highest BCUT2D eigenvalue weighted by atomic mass is 32.2. The van der Waals surface area contributed by atoms with E-state index < -0.39 is 0 Å². The minimum Gasteiger partial charge on any atom is -0.469 e. The summed E-state index contributed by atoms with van der Waals surface area (Å²) in [5.74, 6) is -0.386. The maximum absolute atomic E-state index is 13.6. The normalized spacial score (nSPS) is 13.8. The van der Waals surface area contributed by atoms with E-state index in [2.05, 4.69) is 4.74 Å². The van der Waals surface area contributed by atoms with Crippen LogP contribution in [0, 0.1) is 5.82 Å². The number of hydrogen-bond donors (Lipinski definition) is 0. The van der Waals surface area contributed by atoms with Crippen molar-refractivity contribution in [2.24, 2.45) is 0 Å². The lowest BCUT2D eigenvalue weighted by molar-refractivity contribution is -0.139. The highest BCUT2D eigenvalue weighted by Crippen LogP contribution is 2.30. The van der Waals surface area contributed by atoms with Crippen LogP contribution in [0.3, 0.4) is 0 Å². The highest BCUT2D eigenvalue weighted by Gasteiger charge is 2.15. The van der Waals surface area contributed by atoms with Crippen LogP contribution in [0.5, 0.6) is 0 Å². The number of halogens is 1. The number of benzene rings is 1. The summed E-state index contributed by atoms with van der Waals surface area (Å²) in [6.07, 6.45) is 5.73. The molecule has 2 nitrogen and oxygen atoms in total. The SMILES string of the molecule is COC(=O)CC1=Cc2cc(SC)c(F)cc2CC1. The molecule has 0 aromatic heterocycles. The van der Waals surface area contributed by atoms with Gasteiger partial charge in [0, 0.05) is 4.90 Å². The fourth-order valence-electron chi connectivity index (χ4n) is 2.10. The summed E-state index contributed by atoms with van der Waals surface area (Å²) in [6.45, 7) is 0. The molecule has 1 aromatic carbocycles. The van der Waals surface area contributed by atoms with Gasteiger partial charge >= 0.3 is 5.97 Å². The van der Waals surface area contributed by atoms with Crippen molar-refractivity contribution in [1.82, 2.24) is 0 Å². The fourth-order valence-corrected chi connectivity index (χ4v) is 2.60. The van der Waals surface area contributed by atoms with Crippen molar-refractivity contribution in [3.8, 4) is 0 Å². The van der Waals surface area contributed by atoms with Gasteiger partial charge in [-0.25, -0.2) is 4.39 Å².